The van der Waals surface area contributed by atoms with Gasteiger partial charge in [0.25, 0.3) is 0 Å². The van der Waals surface area contributed by atoms with Crippen LogP contribution in [0, 0.1) is 0 Å². The smallest absolute Gasteiger partial charge is 0.336 e. The van der Waals surface area contributed by atoms with Crippen LogP contribution in [-0.2, 0) is 19.1 Å². The van der Waals surface area contributed by atoms with Gasteiger partial charge in [-0.05, 0) is 62.4 Å². The highest BCUT2D eigenvalue weighted by molar-refractivity contribution is 5.87. The van der Waals surface area contributed by atoms with E-state index in [0.29, 0.717) is 34.0 Å². The molecule has 0 fully saturated rings. The average Bonchev–Trinajstić information content (AvgIpc) is 2.74. The normalized spacial score (nSPS) is 12.5. The molecule has 0 bridgehead atoms. The van der Waals surface area contributed by atoms with Gasteiger partial charge in [-0.1, -0.05) is 13.2 Å². The zero-order valence-corrected chi connectivity index (χ0v) is 18.5. The predicted molar refractivity (Wildman–Crippen MR) is 119 cm³/mol. The van der Waals surface area contributed by atoms with Crippen molar-refractivity contribution in [2.45, 2.75) is 40.3 Å². The van der Waals surface area contributed by atoms with Crippen molar-refractivity contribution in [3.05, 3.63) is 72.8 Å². The standard InChI is InChI=1S/C24H26N2O6/c1-15(2)23(27)31-17(5)29-21-11-7-19(8-12-21)25-26-20-9-13-22(14-10-20)30-18(6)32-24(28)16(3)4/h7-14,17-18H,1,3H2,2,4-6H3. The Labute approximate surface area is 187 Å². The monoisotopic (exact) mass is 438 g/mol. The Morgan fingerprint density at radius 3 is 1.28 bits per heavy atom. The van der Waals surface area contributed by atoms with Gasteiger partial charge in [0.05, 0.1) is 11.4 Å². The Bertz CT molecular complexity index is 915. The minimum Gasteiger partial charge on any atom is -0.455 e. The number of azo groups is 1. The number of esters is 2. The maximum atomic E-state index is 11.5. The number of nitrogens with zero attached hydrogens (tertiary/aromatic N) is 2. The Hall–Kier alpha value is -3.94. The van der Waals surface area contributed by atoms with E-state index in [1.54, 1.807) is 76.2 Å². The van der Waals surface area contributed by atoms with E-state index in [1.165, 1.54) is 0 Å². The number of carbonyl (C=O) groups is 2. The van der Waals surface area contributed by atoms with Crippen molar-refractivity contribution in [2.75, 3.05) is 0 Å². The molecule has 2 atom stereocenters. The first-order chi connectivity index (χ1) is 15.1. The highest BCUT2D eigenvalue weighted by Crippen LogP contribution is 2.24. The number of hydrogen-bond acceptors (Lipinski definition) is 8. The van der Waals surface area contributed by atoms with Crippen LogP contribution in [0.5, 0.6) is 11.5 Å². The molecule has 0 radical (unpaired) electrons. The number of ether oxygens (including phenoxy) is 4. The first kappa shape index (κ1) is 24.3. The third-order valence-corrected chi connectivity index (χ3v) is 3.80. The van der Waals surface area contributed by atoms with E-state index in [4.69, 9.17) is 18.9 Å². The predicted octanol–water partition coefficient (Wildman–Crippen LogP) is 5.79. The summed E-state index contributed by atoms with van der Waals surface area (Å²) in [6.45, 7) is 13.4. The SMILES string of the molecule is C=C(C)C(=O)OC(C)Oc1ccc(N=Nc2ccc(OC(C)OC(=O)C(=C)C)cc2)cc1. The third kappa shape index (κ3) is 8.06. The van der Waals surface area contributed by atoms with E-state index in [2.05, 4.69) is 23.4 Å². The number of hydrogen-bond donors (Lipinski definition) is 0. The summed E-state index contributed by atoms with van der Waals surface area (Å²) in [6, 6.07) is 13.7. The molecule has 8 nitrogen and oxygen atoms in total. The fourth-order valence-corrected chi connectivity index (χ4v) is 2.23. The summed E-state index contributed by atoms with van der Waals surface area (Å²) in [6.07, 6.45) is -1.50. The van der Waals surface area contributed by atoms with E-state index in [-0.39, 0.29) is 0 Å². The van der Waals surface area contributed by atoms with Crippen LogP contribution in [0.3, 0.4) is 0 Å². The number of benzene rings is 2. The topological polar surface area (TPSA) is 95.8 Å². The molecule has 0 aromatic heterocycles. The minimum atomic E-state index is -0.751. The summed E-state index contributed by atoms with van der Waals surface area (Å²) in [5.74, 6) is 0.0196. The van der Waals surface area contributed by atoms with Crippen molar-refractivity contribution >= 4 is 23.3 Å². The lowest BCUT2D eigenvalue weighted by atomic mass is 10.3. The van der Waals surface area contributed by atoms with Crippen LogP contribution in [0.25, 0.3) is 0 Å². The van der Waals surface area contributed by atoms with Gasteiger partial charge in [-0.2, -0.15) is 10.2 Å². The van der Waals surface area contributed by atoms with Crippen molar-refractivity contribution in [3.8, 4) is 11.5 Å². The molecule has 0 spiro atoms. The van der Waals surface area contributed by atoms with Crippen LogP contribution in [0.2, 0.25) is 0 Å². The largest absolute Gasteiger partial charge is 0.455 e. The molecule has 2 rings (SSSR count). The molecule has 0 heterocycles. The lowest BCUT2D eigenvalue weighted by Gasteiger charge is -2.15. The molecule has 0 amide bonds. The van der Waals surface area contributed by atoms with Crippen LogP contribution in [0.4, 0.5) is 11.4 Å². The highest BCUT2D eigenvalue weighted by atomic mass is 16.7. The van der Waals surface area contributed by atoms with E-state index in [0.717, 1.165) is 0 Å². The molecule has 8 heteroatoms. The Morgan fingerprint density at radius 2 is 1.00 bits per heavy atom. The lowest BCUT2D eigenvalue weighted by molar-refractivity contribution is -0.157. The molecular formula is C24H26N2O6. The Balaban J connectivity index is 1.89. The Kier molecular flexibility index (Phi) is 8.71. The lowest BCUT2D eigenvalue weighted by Crippen LogP contribution is -2.21. The molecule has 0 aliphatic rings. The summed E-state index contributed by atoms with van der Waals surface area (Å²) in [5, 5.41) is 8.34. The quantitative estimate of drug-likeness (QED) is 0.202. The molecule has 2 aromatic rings. The first-order valence-electron chi connectivity index (χ1n) is 9.82. The summed E-state index contributed by atoms with van der Waals surface area (Å²) in [7, 11) is 0. The summed E-state index contributed by atoms with van der Waals surface area (Å²) >= 11 is 0. The van der Waals surface area contributed by atoms with Gasteiger partial charge >= 0.3 is 11.9 Å². The molecule has 0 aliphatic heterocycles. The van der Waals surface area contributed by atoms with Gasteiger partial charge in [0.1, 0.15) is 11.5 Å². The second-order valence-electron chi connectivity index (χ2n) is 6.93. The van der Waals surface area contributed by atoms with Gasteiger partial charge in [0.15, 0.2) is 0 Å². The number of rotatable bonds is 10. The van der Waals surface area contributed by atoms with Crippen molar-refractivity contribution in [2.24, 2.45) is 10.2 Å². The van der Waals surface area contributed by atoms with Gasteiger partial charge in [-0.25, -0.2) is 9.59 Å². The van der Waals surface area contributed by atoms with Crippen molar-refractivity contribution in [1.29, 1.82) is 0 Å². The van der Waals surface area contributed by atoms with Crippen LogP contribution in [0.15, 0.2) is 83.1 Å². The molecule has 0 saturated heterocycles. The minimum absolute atomic E-state index is 0.302. The fourth-order valence-electron chi connectivity index (χ4n) is 2.23. The van der Waals surface area contributed by atoms with Crippen LogP contribution in [0.1, 0.15) is 27.7 Å². The molecule has 0 saturated carbocycles. The molecule has 32 heavy (non-hydrogen) atoms. The van der Waals surface area contributed by atoms with E-state index < -0.39 is 24.5 Å². The summed E-state index contributed by atoms with van der Waals surface area (Å²) in [4.78, 5) is 23.0. The van der Waals surface area contributed by atoms with Crippen molar-refractivity contribution in [1.82, 2.24) is 0 Å². The molecule has 2 aromatic carbocycles. The van der Waals surface area contributed by atoms with Crippen LogP contribution < -0.4 is 9.47 Å². The Morgan fingerprint density at radius 1 is 0.688 bits per heavy atom. The average molecular weight is 438 g/mol. The highest BCUT2D eigenvalue weighted by Gasteiger charge is 2.12. The van der Waals surface area contributed by atoms with Crippen molar-refractivity contribution < 1.29 is 28.5 Å². The second kappa shape index (κ2) is 11.5. The second-order valence-corrected chi connectivity index (χ2v) is 6.93. The zero-order valence-electron chi connectivity index (χ0n) is 18.5. The molecular weight excluding hydrogens is 412 g/mol. The first-order valence-corrected chi connectivity index (χ1v) is 9.82. The van der Waals surface area contributed by atoms with E-state index >= 15 is 0 Å². The van der Waals surface area contributed by atoms with Crippen LogP contribution >= 0.6 is 0 Å². The molecule has 0 aliphatic carbocycles. The van der Waals surface area contributed by atoms with Crippen LogP contribution in [-0.4, -0.2) is 24.5 Å². The van der Waals surface area contributed by atoms with E-state index in [1.807, 2.05) is 0 Å². The van der Waals surface area contributed by atoms with Crippen molar-refractivity contribution in [3.63, 3.8) is 0 Å². The molecule has 168 valence electrons. The van der Waals surface area contributed by atoms with Gasteiger partial charge in [-0.3, -0.25) is 0 Å². The third-order valence-electron chi connectivity index (χ3n) is 3.80. The summed E-state index contributed by atoms with van der Waals surface area (Å²) < 4.78 is 21.2. The zero-order chi connectivity index (χ0) is 23.7. The number of carbonyl (C=O) groups excluding carboxylic acids is 2. The van der Waals surface area contributed by atoms with Gasteiger partial charge in [0, 0.05) is 25.0 Å². The van der Waals surface area contributed by atoms with Gasteiger partial charge in [-0.15, -0.1) is 0 Å². The fraction of sp³-hybridized carbons (Fsp3) is 0.250. The van der Waals surface area contributed by atoms with Gasteiger partial charge < -0.3 is 18.9 Å². The van der Waals surface area contributed by atoms with Gasteiger partial charge in [0.2, 0.25) is 12.6 Å². The summed E-state index contributed by atoms with van der Waals surface area (Å²) in [5.41, 5.74) is 1.84. The maximum absolute atomic E-state index is 11.5. The maximum Gasteiger partial charge on any atom is 0.336 e. The molecule has 2 unspecified atom stereocenters. The van der Waals surface area contributed by atoms with E-state index in [9.17, 15) is 9.59 Å². The molecule has 0 N–H and O–H groups in total.